The van der Waals surface area contributed by atoms with Gasteiger partial charge in [0.15, 0.2) is 11.4 Å². The summed E-state index contributed by atoms with van der Waals surface area (Å²) >= 11 is 0. The molecule has 1 aliphatic heterocycles. The van der Waals surface area contributed by atoms with Crippen LogP contribution in [0.15, 0.2) is 67.3 Å². The number of halogens is 2. The highest BCUT2D eigenvalue weighted by molar-refractivity contribution is 5.97. The van der Waals surface area contributed by atoms with Gasteiger partial charge in [-0.25, -0.2) is 30.4 Å². The van der Waals surface area contributed by atoms with E-state index in [1.165, 1.54) is 24.4 Å². The maximum atomic E-state index is 13.7. The molecule has 10 nitrogen and oxygen atoms in total. The number of likely N-dealkylation sites (tertiary alicyclic amines) is 1. The van der Waals surface area contributed by atoms with E-state index in [-0.39, 0.29) is 42.1 Å². The molecule has 1 aromatic carbocycles. The largest absolute Gasteiger partial charge is 0.336 e. The molecule has 0 saturated carbocycles. The fourth-order valence-corrected chi connectivity index (χ4v) is 5.26. The van der Waals surface area contributed by atoms with E-state index in [9.17, 15) is 18.4 Å². The van der Waals surface area contributed by atoms with Gasteiger partial charge in [0.05, 0.1) is 36.0 Å². The van der Waals surface area contributed by atoms with E-state index in [1.54, 1.807) is 40.1 Å². The van der Waals surface area contributed by atoms with Crippen molar-refractivity contribution in [1.82, 2.24) is 34.0 Å². The van der Waals surface area contributed by atoms with E-state index in [4.69, 9.17) is 16.7 Å². The number of hydrogen-bond donors (Lipinski definition) is 0. The van der Waals surface area contributed by atoms with Crippen LogP contribution in [0.25, 0.3) is 33.1 Å². The maximum Gasteiger partial charge on any atom is 0.302 e. The minimum absolute atomic E-state index is 0.0212. The summed E-state index contributed by atoms with van der Waals surface area (Å²) in [5, 5.41) is 4.80. The van der Waals surface area contributed by atoms with Crippen molar-refractivity contribution in [2.45, 2.75) is 25.3 Å². The van der Waals surface area contributed by atoms with Crippen LogP contribution >= 0.6 is 0 Å². The number of aromatic nitrogens is 6. The molecule has 4 aromatic heterocycles. The molecule has 42 heavy (non-hydrogen) atoms. The molecule has 1 aliphatic rings. The fourth-order valence-electron chi connectivity index (χ4n) is 5.26. The molecular formula is C30H24F2N8O2. The lowest BCUT2D eigenvalue weighted by molar-refractivity contribution is -0.130. The van der Waals surface area contributed by atoms with E-state index in [0.29, 0.717) is 48.7 Å². The lowest BCUT2D eigenvalue weighted by atomic mass is 10.0. The molecule has 0 unspecified atom stereocenters. The highest BCUT2D eigenvalue weighted by Gasteiger charge is 2.28. The SMILES string of the molecule is [C-]#[N+]CC(=O)N1CCC(n2cnc(-c3ccc(F)cc3)c2-c2ccc3nc(CC(=O)c4ccnc(F)c4)cn3n2)CC1. The van der Waals surface area contributed by atoms with Gasteiger partial charge in [-0.05, 0) is 55.3 Å². The molecule has 0 spiro atoms. The molecule has 0 radical (unpaired) electrons. The Balaban J connectivity index is 1.34. The zero-order valence-electron chi connectivity index (χ0n) is 22.3. The van der Waals surface area contributed by atoms with Gasteiger partial charge < -0.3 is 14.3 Å². The van der Waals surface area contributed by atoms with E-state index in [2.05, 4.69) is 14.8 Å². The summed E-state index contributed by atoms with van der Waals surface area (Å²) < 4.78 is 30.9. The van der Waals surface area contributed by atoms with Gasteiger partial charge in [-0.1, -0.05) is 0 Å². The molecule has 1 amide bonds. The third-order valence-electron chi connectivity index (χ3n) is 7.34. The van der Waals surface area contributed by atoms with Crippen molar-refractivity contribution < 1.29 is 18.4 Å². The van der Waals surface area contributed by atoms with E-state index >= 15 is 0 Å². The van der Waals surface area contributed by atoms with Crippen LogP contribution in [0.1, 0.15) is 34.9 Å². The second kappa shape index (κ2) is 11.3. The van der Waals surface area contributed by atoms with Crippen molar-refractivity contribution in [3.8, 4) is 22.6 Å². The van der Waals surface area contributed by atoms with E-state index in [0.717, 1.165) is 17.3 Å². The monoisotopic (exact) mass is 566 g/mol. The van der Waals surface area contributed by atoms with Crippen molar-refractivity contribution in [3.63, 3.8) is 0 Å². The second-order valence-corrected chi connectivity index (χ2v) is 10.0. The predicted molar refractivity (Wildman–Crippen MR) is 148 cm³/mol. The number of pyridine rings is 1. The first-order valence-corrected chi connectivity index (χ1v) is 13.3. The molecule has 1 saturated heterocycles. The number of benzene rings is 1. The summed E-state index contributed by atoms with van der Waals surface area (Å²) in [7, 11) is 0. The number of rotatable bonds is 7. The Hall–Kier alpha value is -5.31. The van der Waals surface area contributed by atoms with Crippen LogP contribution in [0.4, 0.5) is 8.78 Å². The summed E-state index contributed by atoms with van der Waals surface area (Å²) in [6.45, 7) is 7.87. The average Bonchev–Trinajstić information content (AvgIpc) is 3.61. The summed E-state index contributed by atoms with van der Waals surface area (Å²) in [4.78, 5) is 42.6. The highest BCUT2D eigenvalue weighted by atomic mass is 19.1. The van der Waals surface area contributed by atoms with E-state index < -0.39 is 5.95 Å². The molecule has 0 aliphatic carbocycles. The summed E-state index contributed by atoms with van der Waals surface area (Å²) in [6.07, 6.45) is 5.96. The van der Waals surface area contributed by atoms with Crippen molar-refractivity contribution >= 4 is 17.3 Å². The van der Waals surface area contributed by atoms with Gasteiger partial charge in [-0.15, -0.1) is 0 Å². The quantitative estimate of drug-likeness (QED) is 0.164. The Bertz CT molecular complexity index is 1830. The van der Waals surface area contributed by atoms with E-state index in [1.807, 2.05) is 10.6 Å². The lowest BCUT2D eigenvalue weighted by Gasteiger charge is -2.32. The highest BCUT2D eigenvalue weighted by Crippen LogP contribution is 2.35. The van der Waals surface area contributed by atoms with Gasteiger partial charge in [0.1, 0.15) is 11.5 Å². The molecule has 5 aromatic rings. The summed E-state index contributed by atoms with van der Waals surface area (Å²) in [5.74, 6) is -1.54. The van der Waals surface area contributed by atoms with Gasteiger partial charge in [-0.2, -0.15) is 9.49 Å². The normalized spacial score (nSPS) is 13.8. The van der Waals surface area contributed by atoms with Crippen molar-refractivity contribution in [1.29, 1.82) is 0 Å². The Morgan fingerprint density at radius 2 is 1.81 bits per heavy atom. The number of imidazole rings is 2. The number of nitrogens with zero attached hydrogens (tertiary/aromatic N) is 8. The minimum atomic E-state index is -0.726. The van der Waals surface area contributed by atoms with Crippen LogP contribution in [0.2, 0.25) is 0 Å². The first-order valence-electron chi connectivity index (χ1n) is 13.3. The Morgan fingerprint density at radius 1 is 1.02 bits per heavy atom. The molecule has 12 heteroatoms. The van der Waals surface area contributed by atoms with Gasteiger partial charge in [0.2, 0.25) is 5.95 Å². The zero-order chi connectivity index (χ0) is 29.2. The molecule has 210 valence electrons. The molecule has 0 N–H and O–H groups in total. The third-order valence-corrected chi connectivity index (χ3v) is 7.34. The van der Waals surface area contributed by atoms with Crippen molar-refractivity contribution in [2.24, 2.45) is 0 Å². The van der Waals surface area contributed by atoms with Gasteiger partial charge in [0, 0.05) is 42.5 Å². The van der Waals surface area contributed by atoms with Crippen molar-refractivity contribution in [3.05, 3.63) is 102 Å². The summed E-state index contributed by atoms with van der Waals surface area (Å²) in [6, 6.07) is 12.3. The fraction of sp³-hybridized carbons (Fsp3) is 0.233. The van der Waals surface area contributed by atoms with Crippen LogP contribution in [0, 0.1) is 18.3 Å². The van der Waals surface area contributed by atoms with Gasteiger partial charge >= 0.3 is 5.91 Å². The number of Topliss-reactive ketones (excluding diaryl/α,β-unsaturated/α-hetero) is 1. The minimum Gasteiger partial charge on any atom is -0.336 e. The number of amides is 1. The Labute approximate surface area is 239 Å². The zero-order valence-corrected chi connectivity index (χ0v) is 22.3. The van der Waals surface area contributed by atoms with Gasteiger partial charge in [-0.3, -0.25) is 9.59 Å². The number of ketones is 1. The smallest absolute Gasteiger partial charge is 0.302 e. The average molecular weight is 567 g/mol. The van der Waals surface area contributed by atoms with Gasteiger partial charge in [0.25, 0.3) is 6.54 Å². The van der Waals surface area contributed by atoms with Crippen LogP contribution in [0.5, 0.6) is 0 Å². The number of carbonyl (C=O) groups is 2. The topological polar surface area (TPSA) is 103 Å². The molecule has 0 atom stereocenters. The Morgan fingerprint density at radius 3 is 2.55 bits per heavy atom. The molecule has 0 bridgehead atoms. The molecular weight excluding hydrogens is 542 g/mol. The molecule has 5 heterocycles. The van der Waals surface area contributed by atoms with Crippen LogP contribution in [0.3, 0.4) is 0 Å². The van der Waals surface area contributed by atoms with Crippen LogP contribution in [-0.2, 0) is 11.2 Å². The van der Waals surface area contributed by atoms with Crippen LogP contribution < -0.4 is 0 Å². The third kappa shape index (κ3) is 5.36. The molecule has 6 rings (SSSR count). The Kier molecular flexibility index (Phi) is 7.23. The first-order chi connectivity index (χ1) is 20.4. The molecule has 1 fully saturated rings. The van der Waals surface area contributed by atoms with Crippen molar-refractivity contribution in [2.75, 3.05) is 19.6 Å². The number of carbonyl (C=O) groups excluding carboxylic acids is 2. The number of fused-ring (bicyclic) bond motifs is 1. The first kappa shape index (κ1) is 26.9. The predicted octanol–water partition coefficient (Wildman–Crippen LogP) is 4.44. The lowest BCUT2D eigenvalue weighted by Crippen LogP contribution is -2.40. The second-order valence-electron chi connectivity index (χ2n) is 10.0. The maximum absolute atomic E-state index is 13.7. The summed E-state index contributed by atoms with van der Waals surface area (Å²) in [5.41, 5.74) is 3.89. The number of hydrogen-bond acceptors (Lipinski definition) is 6. The number of piperidine rings is 1. The standard InChI is InChI=1S/C30H24F2N8O2/c1-33-16-28(42)38-12-9-23(10-13-38)39-18-35-29(19-2-4-21(31)5-3-19)30(39)24-6-7-27-36-22(17-40(27)37-24)15-25(41)20-8-11-34-26(32)14-20/h2-8,11,14,17-18,23H,9-10,12-13,15-16H2. The van der Waals surface area contributed by atoms with Crippen LogP contribution in [-0.4, -0.2) is 65.4 Å².